The summed E-state index contributed by atoms with van der Waals surface area (Å²) in [5.41, 5.74) is 2.22. The molecule has 0 spiro atoms. The summed E-state index contributed by atoms with van der Waals surface area (Å²) in [5, 5.41) is 2.96. The molecular formula is C21H27NO3. The van der Waals surface area contributed by atoms with Gasteiger partial charge < -0.3 is 14.8 Å². The first kappa shape index (κ1) is 18.8. The topological polar surface area (TPSA) is 47.6 Å². The summed E-state index contributed by atoms with van der Waals surface area (Å²) in [6, 6.07) is 15.9. The molecule has 0 aliphatic carbocycles. The monoisotopic (exact) mass is 341 g/mol. The maximum Gasteiger partial charge on any atom is 0.220 e. The lowest BCUT2D eigenvalue weighted by Gasteiger charge is -2.13. The van der Waals surface area contributed by atoms with Crippen LogP contribution in [0.3, 0.4) is 0 Å². The smallest absolute Gasteiger partial charge is 0.220 e. The molecule has 25 heavy (non-hydrogen) atoms. The van der Waals surface area contributed by atoms with Gasteiger partial charge in [-0.05, 0) is 36.1 Å². The van der Waals surface area contributed by atoms with Gasteiger partial charge in [0.15, 0.2) is 11.5 Å². The molecule has 0 bridgehead atoms. The summed E-state index contributed by atoms with van der Waals surface area (Å²) in [7, 11) is 1.64. The number of carbonyl (C=O) groups is 1. The molecule has 1 amide bonds. The predicted molar refractivity (Wildman–Crippen MR) is 100 cm³/mol. The first-order valence-electron chi connectivity index (χ1n) is 8.83. The SMILES string of the molecule is CCCCC(=O)NCCc1ccc(OC)c(OCc2ccccc2)c1. The quantitative estimate of drug-likeness (QED) is 0.707. The van der Waals surface area contributed by atoms with Gasteiger partial charge in [0.25, 0.3) is 0 Å². The fraction of sp³-hybridized carbons (Fsp3) is 0.381. The zero-order chi connectivity index (χ0) is 17.9. The van der Waals surface area contributed by atoms with Crippen LogP contribution < -0.4 is 14.8 Å². The minimum Gasteiger partial charge on any atom is -0.493 e. The lowest BCUT2D eigenvalue weighted by molar-refractivity contribution is -0.121. The number of nitrogens with one attached hydrogen (secondary N) is 1. The molecule has 0 unspecified atom stereocenters. The summed E-state index contributed by atoms with van der Waals surface area (Å²) in [4.78, 5) is 11.7. The lowest BCUT2D eigenvalue weighted by Crippen LogP contribution is -2.25. The summed E-state index contributed by atoms with van der Waals surface area (Å²) < 4.78 is 11.3. The average Bonchev–Trinajstić information content (AvgIpc) is 2.65. The molecule has 0 radical (unpaired) electrons. The average molecular weight is 341 g/mol. The molecule has 0 saturated carbocycles. The fourth-order valence-corrected chi connectivity index (χ4v) is 2.50. The van der Waals surface area contributed by atoms with E-state index >= 15 is 0 Å². The van der Waals surface area contributed by atoms with Gasteiger partial charge in [-0.2, -0.15) is 0 Å². The van der Waals surface area contributed by atoms with Gasteiger partial charge in [-0.1, -0.05) is 49.7 Å². The molecule has 0 aliphatic heterocycles. The first-order chi connectivity index (χ1) is 12.2. The Morgan fingerprint density at radius 3 is 2.56 bits per heavy atom. The van der Waals surface area contributed by atoms with Crippen molar-refractivity contribution in [2.45, 2.75) is 39.2 Å². The highest BCUT2D eigenvalue weighted by molar-refractivity contribution is 5.75. The van der Waals surface area contributed by atoms with Gasteiger partial charge in [0, 0.05) is 13.0 Å². The molecule has 1 N–H and O–H groups in total. The van der Waals surface area contributed by atoms with Gasteiger partial charge in [0.2, 0.25) is 5.91 Å². The van der Waals surface area contributed by atoms with Crippen molar-refractivity contribution in [2.24, 2.45) is 0 Å². The van der Waals surface area contributed by atoms with Crippen LogP contribution >= 0.6 is 0 Å². The third-order valence-corrected chi connectivity index (χ3v) is 3.96. The predicted octanol–water partition coefficient (Wildman–Crippen LogP) is 4.12. The maximum absolute atomic E-state index is 11.7. The van der Waals surface area contributed by atoms with Crippen LogP contribution in [0.2, 0.25) is 0 Å². The molecular weight excluding hydrogens is 314 g/mol. The molecule has 0 fully saturated rings. The number of methoxy groups -OCH3 is 1. The van der Waals surface area contributed by atoms with Crippen molar-refractivity contribution in [1.82, 2.24) is 5.32 Å². The van der Waals surface area contributed by atoms with E-state index in [1.54, 1.807) is 7.11 Å². The number of hydrogen-bond donors (Lipinski definition) is 1. The van der Waals surface area contributed by atoms with Crippen LogP contribution in [0, 0.1) is 0 Å². The molecule has 4 heteroatoms. The van der Waals surface area contributed by atoms with E-state index in [0.717, 1.165) is 36.1 Å². The molecule has 0 aromatic heterocycles. The number of hydrogen-bond acceptors (Lipinski definition) is 3. The third-order valence-electron chi connectivity index (χ3n) is 3.96. The summed E-state index contributed by atoms with van der Waals surface area (Å²) in [6.45, 7) is 3.21. The Kier molecular flexibility index (Phi) is 7.83. The highest BCUT2D eigenvalue weighted by Gasteiger charge is 2.07. The van der Waals surface area contributed by atoms with Crippen molar-refractivity contribution >= 4 is 5.91 Å². The number of benzene rings is 2. The Balaban J connectivity index is 1.90. The van der Waals surface area contributed by atoms with Crippen molar-refractivity contribution in [3.63, 3.8) is 0 Å². The fourth-order valence-electron chi connectivity index (χ4n) is 2.50. The van der Waals surface area contributed by atoms with Crippen molar-refractivity contribution in [3.05, 3.63) is 59.7 Å². The number of carbonyl (C=O) groups excluding carboxylic acids is 1. The van der Waals surface area contributed by atoms with E-state index in [4.69, 9.17) is 9.47 Å². The summed E-state index contributed by atoms with van der Waals surface area (Å²) in [5.74, 6) is 1.56. The zero-order valence-electron chi connectivity index (χ0n) is 15.1. The van der Waals surface area contributed by atoms with Gasteiger partial charge in [-0.25, -0.2) is 0 Å². The van der Waals surface area contributed by atoms with Crippen LogP contribution in [0.4, 0.5) is 0 Å². The summed E-state index contributed by atoms with van der Waals surface area (Å²) in [6.07, 6.45) is 3.34. The highest BCUT2D eigenvalue weighted by Crippen LogP contribution is 2.29. The molecule has 134 valence electrons. The highest BCUT2D eigenvalue weighted by atomic mass is 16.5. The minimum absolute atomic E-state index is 0.121. The van der Waals surface area contributed by atoms with Gasteiger partial charge in [0.05, 0.1) is 7.11 Å². The van der Waals surface area contributed by atoms with Crippen LogP contribution in [-0.2, 0) is 17.8 Å². The van der Waals surface area contributed by atoms with Crippen molar-refractivity contribution in [2.75, 3.05) is 13.7 Å². The van der Waals surface area contributed by atoms with Gasteiger partial charge in [-0.3, -0.25) is 4.79 Å². The van der Waals surface area contributed by atoms with E-state index in [9.17, 15) is 4.79 Å². The molecule has 0 saturated heterocycles. The van der Waals surface area contributed by atoms with Crippen molar-refractivity contribution in [3.8, 4) is 11.5 Å². The number of ether oxygens (including phenoxy) is 2. The Labute approximate surface area is 150 Å². The molecule has 0 heterocycles. The van der Waals surface area contributed by atoms with E-state index in [-0.39, 0.29) is 5.91 Å². The molecule has 2 rings (SSSR count). The van der Waals surface area contributed by atoms with Crippen molar-refractivity contribution in [1.29, 1.82) is 0 Å². The van der Waals surface area contributed by atoms with Crippen LogP contribution in [-0.4, -0.2) is 19.6 Å². The normalized spacial score (nSPS) is 10.3. The Hall–Kier alpha value is -2.49. The standard InChI is InChI=1S/C21H27NO3/c1-3-4-10-21(23)22-14-13-17-11-12-19(24-2)20(15-17)25-16-18-8-6-5-7-9-18/h5-9,11-12,15H,3-4,10,13-14,16H2,1-2H3,(H,22,23). The number of rotatable bonds is 10. The van der Waals surface area contributed by atoms with Crippen LogP contribution in [0.1, 0.15) is 37.3 Å². The number of unbranched alkanes of at least 4 members (excludes halogenated alkanes) is 1. The van der Waals surface area contributed by atoms with Gasteiger partial charge in [-0.15, -0.1) is 0 Å². The van der Waals surface area contributed by atoms with E-state index in [2.05, 4.69) is 12.2 Å². The van der Waals surface area contributed by atoms with Crippen LogP contribution in [0.15, 0.2) is 48.5 Å². The van der Waals surface area contributed by atoms with E-state index in [0.29, 0.717) is 25.3 Å². The zero-order valence-corrected chi connectivity index (χ0v) is 15.1. The maximum atomic E-state index is 11.7. The van der Waals surface area contributed by atoms with Crippen molar-refractivity contribution < 1.29 is 14.3 Å². The van der Waals surface area contributed by atoms with Gasteiger partial charge >= 0.3 is 0 Å². The molecule has 2 aromatic rings. The third kappa shape index (κ3) is 6.49. The minimum atomic E-state index is 0.121. The van der Waals surface area contributed by atoms with Crippen LogP contribution in [0.25, 0.3) is 0 Å². The first-order valence-corrected chi connectivity index (χ1v) is 8.83. The van der Waals surface area contributed by atoms with Crippen LogP contribution in [0.5, 0.6) is 11.5 Å². The summed E-state index contributed by atoms with van der Waals surface area (Å²) >= 11 is 0. The Morgan fingerprint density at radius 1 is 1.04 bits per heavy atom. The second-order valence-corrected chi connectivity index (χ2v) is 5.96. The van der Waals surface area contributed by atoms with E-state index in [1.807, 2.05) is 48.5 Å². The molecule has 0 aliphatic rings. The van der Waals surface area contributed by atoms with E-state index < -0.39 is 0 Å². The second-order valence-electron chi connectivity index (χ2n) is 5.96. The molecule has 2 aromatic carbocycles. The lowest BCUT2D eigenvalue weighted by atomic mass is 10.1. The molecule has 0 atom stereocenters. The number of amides is 1. The Morgan fingerprint density at radius 2 is 1.84 bits per heavy atom. The van der Waals surface area contributed by atoms with E-state index in [1.165, 1.54) is 0 Å². The van der Waals surface area contributed by atoms with Gasteiger partial charge in [0.1, 0.15) is 6.61 Å². The molecule has 4 nitrogen and oxygen atoms in total. The Bertz CT molecular complexity index is 655. The largest absolute Gasteiger partial charge is 0.493 e. The second kappa shape index (κ2) is 10.4.